The summed E-state index contributed by atoms with van der Waals surface area (Å²) in [6, 6.07) is 4.98. The fraction of sp³-hybridized carbons (Fsp3) is 0.417. The number of rotatable bonds is 3. The van der Waals surface area contributed by atoms with Crippen molar-refractivity contribution in [1.29, 1.82) is 0 Å². The summed E-state index contributed by atoms with van der Waals surface area (Å²) in [4.78, 5) is 23.8. The molecular formula is C12H14IN3O3. The maximum Gasteiger partial charge on any atom is 0.282 e. The minimum absolute atomic E-state index is 0.0983. The third-order valence-electron chi connectivity index (χ3n) is 3.56. The molecule has 1 atom stereocenters. The van der Waals surface area contributed by atoms with Crippen LogP contribution in [0, 0.1) is 19.1 Å². The lowest BCUT2D eigenvalue weighted by Crippen LogP contribution is -2.37. The van der Waals surface area contributed by atoms with Gasteiger partial charge in [-0.3, -0.25) is 14.9 Å². The van der Waals surface area contributed by atoms with Crippen molar-refractivity contribution in [1.82, 2.24) is 0 Å². The summed E-state index contributed by atoms with van der Waals surface area (Å²) in [5.41, 5.74) is 5.88. The van der Waals surface area contributed by atoms with Crippen LogP contribution in [0.15, 0.2) is 18.2 Å². The van der Waals surface area contributed by atoms with Crippen molar-refractivity contribution >= 4 is 39.9 Å². The fourth-order valence-corrected chi connectivity index (χ4v) is 2.92. The molecule has 0 saturated carbocycles. The average Bonchev–Trinajstić information content (AvgIpc) is 2.73. The smallest absolute Gasteiger partial charge is 0.282 e. The molecule has 6 nitrogen and oxygen atoms in total. The van der Waals surface area contributed by atoms with Crippen LogP contribution < -0.4 is 10.6 Å². The second-order valence-electron chi connectivity index (χ2n) is 4.99. The van der Waals surface area contributed by atoms with Crippen molar-refractivity contribution in [2.75, 3.05) is 18.0 Å². The monoisotopic (exact) mass is 375 g/mol. The summed E-state index contributed by atoms with van der Waals surface area (Å²) in [6.07, 6.45) is 0.704. The van der Waals surface area contributed by atoms with Crippen LogP contribution in [0.3, 0.4) is 0 Å². The zero-order valence-corrected chi connectivity index (χ0v) is 12.6. The molecule has 0 radical (unpaired) electrons. The number of halogens is 1. The molecule has 1 fully saturated rings. The molecule has 0 aliphatic carbocycles. The molecule has 1 heterocycles. The molecule has 2 rings (SSSR count). The quantitative estimate of drug-likeness (QED) is 0.497. The van der Waals surface area contributed by atoms with Crippen molar-refractivity contribution in [3.63, 3.8) is 0 Å². The Labute approximate surface area is 124 Å². The molecule has 19 heavy (non-hydrogen) atoms. The summed E-state index contributed by atoms with van der Waals surface area (Å²) < 4.78 is 0.591. The van der Waals surface area contributed by atoms with Crippen molar-refractivity contribution in [3.05, 3.63) is 31.9 Å². The van der Waals surface area contributed by atoms with Crippen LogP contribution in [0.5, 0.6) is 0 Å². The van der Waals surface area contributed by atoms with E-state index in [1.54, 1.807) is 12.1 Å². The molecule has 1 saturated heterocycles. The number of hydrogen-bond acceptors (Lipinski definition) is 4. The summed E-state index contributed by atoms with van der Waals surface area (Å²) in [7, 11) is 0. The third kappa shape index (κ3) is 2.65. The number of carbonyl (C=O) groups excluding carboxylic acids is 1. The predicted octanol–water partition coefficient (Wildman–Crippen LogP) is 1.90. The Balaban J connectivity index is 2.23. The van der Waals surface area contributed by atoms with Gasteiger partial charge < -0.3 is 10.6 Å². The first kappa shape index (κ1) is 14.0. The van der Waals surface area contributed by atoms with E-state index in [-0.39, 0.29) is 11.6 Å². The van der Waals surface area contributed by atoms with E-state index in [0.717, 1.165) is 12.2 Å². The van der Waals surface area contributed by atoms with Crippen LogP contribution in [-0.4, -0.2) is 23.9 Å². The standard InChI is InChI=1S/C12H14IN3O3/c1-12(11(14)17)4-5-15(7-12)8-2-3-10(16(18)19)9(13)6-8/h2-3,6H,4-5,7H2,1H3,(H2,14,17). The number of amides is 1. The largest absolute Gasteiger partial charge is 0.370 e. The van der Waals surface area contributed by atoms with Crippen molar-refractivity contribution in [3.8, 4) is 0 Å². The molecule has 0 spiro atoms. The number of hydrogen-bond donors (Lipinski definition) is 1. The van der Waals surface area contributed by atoms with Gasteiger partial charge in [0.25, 0.3) is 5.69 Å². The number of anilines is 1. The summed E-state index contributed by atoms with van der Waals surface area (Å²) in [5, 5.41) is 10.8. The van der Waals surface area contributed by atoms with Crippen LogP contribution in [0.1, 0.15) is 13.3 Å². The van der Waals surface area contributed by atoms with E-state index >= 15 is 0 Å². The van der Waals surface area contributed by atoms with Gasteiger partial charge in [-0.2, -0.15) is 0 Å². The maximum atomic E-state index is 11.4. The van der Waals surface area contributed by atoms with Gasteiger partial charge in [0.05, 0.1) is 13.9 Å². The Morgan fingerprint density at radius 2 is 2.26 bits per heavy atom. The average molecular weight is 375 g/mol. The van der Waals surface area contributed by atoms with Crippen LogP contribution >= 0.6 is 22.6 Å². The zero-order valence-electron chi connectivity index (χ0n) is 10.4. The molecule has 0 bridgehead atoms. The molecule has 2 N–H and O–H groups in total. The van der Waals surface area contributed by atoms with Gasteiger partial charge in [-0.1, -0.05) is 0 Å². The summed E-state index contributed by atoms with van der Waals surface area (Å²) in [6.45, 7) is 3.13. The Bertz CT molecular complexity index is 549. The van der Waals surface area contributed by atoms with Crippen molar-refractivity contribution in [2.45, 2.75) is 13.3 Å². The predicted molar refractivity (Wildman–Crippen MR) is 79.9 cm³/mol. The van der Waals surface area contributed by atoms with E-state index in [2.05, 4.69) is 0 Å². The van der Waals surface area contributed by atoms with Crippen LogP contribution in [0.4, 0.5) is 11.4 Å². The molecule has 102 valence electrons. The molecule has 0 aromatic heterocycles. The van der Waals surface area contributed by atoms with E-state index in [1.807, 2.05) is 34.4 Å². The van der Waals surface area contributed by atoms with Gasteiger partial charge >= 0.3 is 0 Å². The first-order valence-corrected chi connectivity index (χ1v) is 6.90. The van der Waals surface area contributed by atoms with Gasteiger partial charge in [0, 0.05) is 24.8 Å². The zero-order chi connectivity index (χ0) is 14.2. The third-order valence-corrected chi connectivity index (χ3v) is 4.43. The van der Waals surface area contributed by atoms with Gasteiger partial charge in [-0.25, -0.2) is 0 Å². The van der Waals surface area contributed by atoms with E-state index in [1.165, 1.54) is 6.07 Å². The van der Waals surface area contributed by atoms with E-state index in [4.69, 9.17) is 5.73 Å². The second kappa shape index (κ2) is 4.95. The van der Waals surface area contributed by atoms with E-state index in [9.17, 15) is 14.9 Å². The summed E-state index contributed by atoms with van der Waals surface area (Å²) >= 11 is 1.95. The fourth-order valence-electron chi connectivity index (χ4n) is 2.22. The van der Waals surface area contributed by atoms with Crippen molar-refractivity contribution < 1.29 is 9.72 Å². The first-order valence-electron chi connectivity index (χ1n) is 5.82. The lowest BCUT2D eigenvalue weighted by atomic mass is 9.89. The lowest BCUT2D eigenvalue weighted by Gasteiger charge is -2.22. The number of nitro benzene ring substituents is 1. The maximum absolute atomic E-state index is 11.4. The summed E-state index contributed by atoms with van der Waals surface area (Å²) in [5.74, 6) is -0.299. The molecule has 7 heteroatoms. The number of nitrogens with two attached hydrogens (primary N) is 1. The highest BCUT2D eigenvalue weighted by Gasteiger charge is 2.39. The van der Waals surface area contributed by atoms with Crippen LogP contribution in [0.2, 0.25) is 0 Å². The van der Waals surface area contributed by atoms with E-state index < -0.39 is 10.3 Å². The minimum Gasteiger partial charge on any atom is -0.370 e. The van der Waals surface area contributed by atoms with Gasteiger partial charge in [0.2, 0.25) is 5.91 Å². The highest BCUT2D eigenvalue weighted by molar-refractivity contribution is 14.1. The molecule has 1 unspecified atom stereocenters. The molecular weight excluding hydrogens is 361 g/mol. The Morgan fingerprint density at radius 3 is 2.74 bits per heavy atom. The number of carbonyl (C=O) groups is 1. The van der Waals surface area contributed by atoms with Crippen molar-refractivity contribution in [2.24, 2.45) is 11.1 Å². The molecule has 1 aromatic rings. The van der Waals surface area contributed by atoms with Gasteiger partial charge in [0.15, 0.2) is 0 Å². The molecule has 1 aromatic carbocycles. The Kier molecular flexibility index (Phi) is 3.66. The van der Waals surface area contributed by atoms with Gasteiger partial charge in [-0.15, -0.1) is 0 Å². The number of nitrogens with zero attached hydrogens (tertiary/aromatic N) is 2. The number of nitro groups is 1. The topological polar surface area (TPSA) is 89.5 Å². The van der Waals surface area contributed by atoms with Gasteiger partial charge in [-0.05, 0) is 48.1 Å². The lowest BCUT2D eigenvalue weighted by molar-refractivity contribution is -0.385. The highest BCUT2D eigenvalue weighted by Crippen LogP contribution is 2.34. The van der Waals surface area contributed by atoms with Crippen LogP contribution in [0.25, 0.3) is 0 Å². The number of primary amides is 1. The minimum atomic E-state index is -0.521. The molecule has 1 aliphatic rings. The number of benzene rings is 1. The molecule has 1 amide bonds. The van der Waals surface area contributed by atoms with E-state index in [0.29, 0.717) is 16.5 Å². The normalized spacial score (nSPS) is 22.5. The second-order valence-corrected chi connectivity index (χ2v) is 6.15. The van der Waals surface area contributed by atoms with Gasteiger partial charge in [0.1, 0.15) is 0 Å². The SMILES string of the molecule is CC1(C(N)=O)CCN(c2ccc([N+](=O)[O-])c(I)c2)C1. The highest BCUT2D eigenvalue weighted by atomic mass is 127. The Morgan fingerprint density at radius 1 is 1.58 bits per heavy atom. The molecule has 1 aliphatic heterocycles. The first-order chi connectivity index (χ1) is 8.83. The van der Waals surface area contributed by atoms with Crippen LogP contribution in [-0.2, 0) is 4.79 Å². The Hall–Kier alpha value is -1.38.